The number of carbonyl (C=O) groups is 2. The Kier molecular flexibility index (Phi) is 6.41. The third kappa shape index (κ3) is 5.99. The molecule has 120 valence electrons. The smallest absolute Gasteiger partial charge is 0.318 e. The molecule has 0 radical (unpaired) electrons. The zero-order chi connectivity index (χ0) is 15.1. The molecule has 2 rings (SSSR count). The van der Waals surface area contributed by atoms with Crippen molar-refractivity contribution < 1.29 is 19.1 Å². The number of hydrogen-bond donors (Lipinski definition) is 2. The normalized spacial score (nSPS) is 25.4. The molecule has 3 N–H and O–H groups in total. The Labute approximate surface area is 125 Å². The van der Waals surface area contributed by atoms with Gasteiger partial charge in [-0.2, -0.15) is 0 Å². The van der Waals surface area contributed by atoms with E-state index in [1.54, 1.807) is 0 Å². The molecule has 7 heteroatoms. The van der Waals surface area contributed by atoms with Crippen LogP contribution in [0.25, 0.3) is 0 Å². The van der Waals surface area contributed by atoms with Gasteiger partial charge in [0.1, 0.15) is 0 Å². The number of amides is 3. The first kappa shape index (κ1) is 16.2. The number of urea groups is 1. The molecular weight excluding hydrogens is 274 g/mol. The fraction of sp³-hybridized carbons (Fsp3) is 0.857. The van der Waals surface area contributed by atoms with Crippen LogP contribution in [0.5, 0.6) is 0 Å². The van der Waals surface area contributed by atoms with Crippen LogP contribution in [0.2, 0.25) is 0 Å². The fourth-order valence-corrected chi connectivity index (χ4v) is 2.87. The van der Waals surface area contributed by atoms with Crippen molar-refractivity contribution in [3.8, 4) is 0 Å². The molecule has 2 aliphatic rings. The van der Waals surface area contributed by atoms with Gasteiger partial charge in [0.2, 0.25) is 5.91 Å². The topological polar surface area (TPSA) is 93.9 Å². The number of nitrogens with zero attached hydrogens (tertiary/aromatic N) is 1. The summed E-state index contributed by atoms with van der Waals surface area (Å²) in [6.07, 6.45) is 5.06. The van der Waals surface area contributed by atoms with Crippen LogP contribution >= 0.6 is 0 Å². The Morgan fingerprint density at radius 1 is 1.10 bits per heavy atom. The lowest BCUT2D eigenvalue weighted by Crippen LogP contribution is -2.41. The van der Waals surface area contributed by atoms with Gasteiger partial charge >= 0.3 is 6.03 Å². The molecule has 2 fully saturated rings. The van der Waals surface area contributed by atoms with Gasteiger partial charge in [0, 0.05) is 39.3 Å². The van der Waals surface area contributed by atoms with Gasteiger partial charge in [-0.3, -0.25) is 15.0 Å². The monoisotopic (exact) mass is 299 g/mol. The summed E-state index contributed by atoms with van der Waals surface area (Å²) in [5, 5.41) is 2.10. The second-order valence-electron chi connectivity index (χ2n) is 5.69. The summed E-state index contributed by atoms with van der Waals surface area (Å²) in [6.45, 7) is 3.84. The van der Waals surface area contributed by atoms with Gasteiger partial charge in [0.15, 0.2) is 0 Å². The van der Waals surface area contributed by atoms with E-state index in [2.05, 4.69) is 10.2 Å². The van der Waals surface area contributed by atoms with E-state index in [9.17, 15) is 9.59 Å². The van der Waals surface area contributed by atoms with Gasteiger partial charge in [-0.1, -0.05) is 0 Å². The second kappa shape index (κ2) is 8.31. The Balaban J connectivity index is 1.78. The lowest BCUT2D eigenvalue weighted by molar-refractivity contribution is -0.120. The first-order chi connectivity index (χ1) is 10.1. The number of imide groups is 1. The summed E-state index contributed by atoms with van der Waals surface area (Å²) >= 11 is 0. The summed E-state index contributed by atoms with van der Waals surface area (Å²) < 4.78 is 11.3. The molecular formula is C14H25N3O4. The van der Waals surface area contributed by atoms with E-state index < -0.39 is 6.03 Å². The maximum Gasteiger partial charge on any atom is 0.318 e. The number of primary amides is 1. The van der Waals surface area contributed by atoms with Crippen molar-refractivity contribution in [1.82, 2.24) is 10.2 Å². The molecule has 0 aromatic carbocycles. The minimum Gasteiger partial charge on any atom is -0.377 e. The first-order valence-electron chi connectivity index (χ1n) is 7.68. The van der Waals surface area contributed by atoms with E-state index in [0.29, 0.717) is 6.54 Å². The van der Waals surface area contributed by atoms with Crippen molar-refractivity contribution in [2.45, 2.75) is 44.3 Å². The number of nitrogens with one attached hydrogen (secondary N) is 1. The van der Waals surface area contributed by atoms with E-state index in [-0.39, 0.29) is 24.5 Å². The van der Waals surface area contributed by atoms with Crippen molar-refractivity contribution in [3.63, 3.8) is 0 Å². The van der Waals surface area contributed by atoms with Crippen LogP contribution in [0, 0.1) is 0 Å². The summed E-state index contributed by atoms with van der Waals surface area (Å²) in [6, 6.07) is -0.801. The third-order valence-electron chi connectivity index (χ3n) is 3.89. The molecule has 0 spiro atoms. The Morgan fingerprint density at radius 2 is 1.67 bits per heavy atom. The SMILES string of the molecule is NC(=O)NC(=O)CCN(C[C@@H]1CCCO1)C[C@@H]1CCCO1. The summed E-state index contributed by atoms with van der Waals surface area (Å²) in [5.74, 6) is -0.341. The molecule has 2 saturated heterocycles. The summed E-state index contributed by atoms with van der Waals surface area (Å²) in [5.41, 5.74) is 4.94. The summed E-state index contributed by atoms with van der Waals surface area (Å²) in [4.78, 5) is 24.4. The maximum atomic E-state index is 11.5. The number of carbonyl (C=O) groups excluding carboxylic acids is 2. The average molecular weight is 299 g/mol. The van der Waals surface area contributed by atoms with Crippen LogP contribution < -0.4 is 11.1 Å². The number of hydrogen-bond acceptors (Lipinski definition) is 5. The Morgan fingerprint density at radius 3 is 2.10 bits per heavy atom. The van der Waals surface area contributed by atoms with E-state index in [1.165, 1.54) is 0 Å². The molecule has 0 unspecified atom stereocenters. The molecule has 7 nitrogen and oxygen atoms in total. The third-order valence-corrected chi connectivity index (χ3v) is 3.89. The fourth-order valence-electron chi connectivity index (χ4n) is 2.87. The molecule has 0 saturated carbocycles. The molecule has 2 atom stereocenters. The van der Waals surface area contributed by atoms with Crippen molar-refractivity contribution in [2.24, 2.45) is 5.73 Å². The summed E-state index contributed by atoms with van der Waals surface area (Å²) in [7, 11) is 0. The quantitative estimate of drug-likeness (QED) is 0.702. The molecule has 0 bridgehead atoms. The minimum atomic E-state index is -0.801. The Hall–Kier alpha value is -1.18. The molecule has 0 aliphatic carbocycles. The van der Waals surface area contributed by atoms with Gasteiger partial charge in [-0.05, 0) is 25.7 Å². The van der Waals surface area contributed by atoms with Gasteiger partial charge < -0.3 is 15.2 Å². The molecule has 21 heavy (non-hydrogen) atoms. The lowest BCUT2D eigenvalue weighted by Gasteiger charge is -2.27. The Bertz CT molecular complexity index is 334. The molecule has 2 aliphatic heterocycles. The molecule has 0 aromatic rings. The molecule has 2 heterocycles. The van der Waals surface area contributed by atoms with Crippen molar-refractivity contribution >= 4 is 11.9 Å². The average Bonchev–Trinajstić information content (AvgIpc) is 3.08. The number of ether oxygens (including phenoxy) is 2. The van der Waals surface area contributed by atoms with Crippen LogP contribution in [-0.4, -0.2) is 61.9 Å². The van der Waals surface area contributed by atoms with Gasteiger partial charge in [-0.25, -0.2) is 4.79 Å². The van der Waals surface area contributed by atoms with Crippen LogP contribution in [0.15, 0.2) is 0 Å². The standard InChI is InChI=1S/C14H25N3O4/c15-14(19)16-13(18)5-6-17(9-11-3-1-7-20-11)10-12-4-2-8-21-12/h11-12H,1-10H2,(H3,15,16,18,19)/t11-,12-/m0/s1. The maximum absolute atomic E-state index is 11.5. The minimum absolute atomic E-state index is 0.241. The van der Waals surface area contributed by atoms with E-state index in [4.69, 9.17) is 15.2 Å². The highest BCUT2D eigenvalue weighted by Gasteiger charge is 2.24. The van der Waals surface area contributed by atoms with E-state index in [0.717, 1.165) is 52.0 Å². The number of rotatable bonds is 7. The zero-order valence-electron chi connectivity index (χ0n) is 12.4. The highest BCUT2D eigenvalue weighted by Crippen LogP contribution is 2.17. The van der Waals surface area contributed by atoms with Crippen molar-refractivity contribution in [1.29, 1.82) is 0 Å². The van der Waals surface area contributed by atoms with E-state index >= 15 is 0 Å². The lowest BCUT2D eigenvalue weighted by atomic mass is 10.2. The van der Waals surface area contributed by atoms with Gasteiger partial charge in [-0.15, -0.1) is 0 Å². The van der Waals surface area contributed by atoms with Gasteiger partial charge in [0.25, 0.3) is 0 Å². The van der Waals surface area contributed by atoms with Crippen molar-refractivity contribution in [3.05, 3.63) is 0 Å². The van der Waals surface area contributed by atoms with Crippen LogP contribution in [0.1, 0.15) is 32.1 Å². The first-order valence-corrected chi connectivity index (χ1v) is 7.68. The van der Waals surface area contributed by atoms with Crippen LogP contribution in [-0.2, 0) is 14.3 Å². The zero-order valence-corrected chi connectivity index (χ0v) is 12.4. The molecule has 3 amide bonds. The molecule has 0 aromatic heterocycles. The number of nitrogens with two attached hydrogens (primary N) is 1. The van der Waals surface area contributed by atoms with Crippen LogP contribution in [0.4, 0.5) is 4.79 Å². The predicted molar refractivity (Wildman–Crippen MR) is 76.7 cm³/mol. The van der Waals surface area contributed by atoms with E-state index in [1.807, 2.05) is 0 Å². The van der Waals surface area contributed by atoms with Crippen LogP contribution in [0.3, 0.4) is 0 Å². The highest BCUT2D eigenvalue weighted by atomic mass is 16.5. The van der Waals surface area contributed by atoms with Gasteiger partial charge in [0.05, 0.1) is 12.2 Å². The largest absolute Gasteiger partial charge is 0.377 e. The van der Waals surface area contributed by atoms with Crippen molar-refractivity contribution in [2.75, 3.05) is 32.8 Å². The predicted octanol–water partition coefficient (Wildman–Crippen LogP) is 0.231. The highest BCUT2D eigenvalue weighted by molar-refractivity contribution is 5.93. The second-order valence-corrected chi connectivity index (χ2v) is 5.69.